The number of piperidine rings is 1. The van der Waals surface area contributed by atoms with Gasteiger partial charge in [-0.1, -0.05) is 59.5 Å². The van der Waals surface area contributed by atoms with E-state index in [-0.39, 0.29) is 24.2 Å². The molecule has 3 fully saturated rings. The average molecular weight is 604 g/mol. The maximum atomic E-state index is 13.6. The van der Waals surface area contributed by atoms with Crippen LogP contribution in [0, 0.1) is 5.92 Å². The van der Waals surface area contributed by atoms with Crippen LogP contribution in [0.3, 0.4) is 0 Å². The van der Waals surface area contributed by atoms with Crippen LogP contribution in [-0.4, -0.2) is 39.3 Å². The minimum atomic E-state index is -0.0539. The summed E-state index contributed by atoms with van der Waals surface area (Å²) in [5, 5.41) is 8.63. The number of fused-ring (bicyclic) bond motifs is 2. The summed E-state index contributed by atoms with van der Waals surface area (Å²) < 4.78 is 12.4. The summed E-state index contributed by atoms with van der Waals surface area (Å²) in [6.45, 7) is 2.61. The molecule has 2 saturated heterocycles. The predicted molar refractivity (Wildman–Crippen MR) is 164 cm³/mol. The highest BCUT2D eigenvalue weighted by Gasteiger charge is 2.47. The highest BCUT2D eigenvalue weighted by molar-refractivity contribution is 6.39. The first-order valence-corrected chi connectivity index (χ1v) is 15.4. The normalized spacial score (nSPS) is 23.3. The number of anilines is 1. The summed E-state index contributed by atoms with van der Waals surface area (Å²) in [6, 6.07) is 17.5. The van der Waals surface area contributed by atoms with Crippen molar-refractivity contribution in [3.05, 3.63) is 88.4 Å². The number of hydrogen-bond donors (Lipinski definition) is 1. The van der Waals surface area contributed by atoms with Crippen LogP contribution in [0.1, 0.15) is 56.3 Å². The van der Waals surface area contributed by atoms with Crippen LogP contribution in [0.4, 0.5) is 10.5 Å². The van der Waals surface area contributed by atoms with Gasteiger partial charge in [0.15, 0.2) is 0 Å². The van der Waals surface area contributed by atoms with Gasteiger partial charge in [0.1, 0.15) is 11.5 Å². The van der Waals surface area contributed by atoms with E-state index in [1.807, 2.05) is 65.7 Å². The molecule has 2 unspecified atom stereocenters. The first-order chi connectivity index (χ1) is 20.5. The predicted octanol–water partition coefficient (Wildman–Crippen LogP) is 8.58. The van der Waals surface area contributed by atoms with Gasteiger partial charge < -0.3 is 19.5 Å². The number of aromatic nitrogens is 2. The molecule has 2 aromatic carbocycles. The largest absolute Gasteiger partial charge is 0.373 e. The SMILES string of the molecule is C[C@@H]1CC2C[C@H](OCc3c(-c4c(Cl)cccc4Cl)noc3C3CC3)CC1N2C(=O)Nc1cccc(-c2cccnc2)c1. The van der Waals surface area contributed by atoms with Crippen molar-refractivity contribution in [3.63, 3.8) is 0 Å². The number of hydrogen-bond acceptors (Lipinski definition) is 5. The van der Waals surface area contributed by atoms with Crippen molar-refractivity contribution in [2.45, 2.75) is 69.7 Å². The third-order valence-electron chi connectivity index (χ3n) is 8.86. The van der Waals surface area contributed by atoms with Crippen LogP contribution >= 0.6 is 23.2 Å². The maximum absolute atomic E-state index is 13.6. The molecule has 1 saturated carbocycles. The minimum Gasteiger partial charge on any atom is -0.373 e. The molecule has 2 amide bonds. The molecule has 2 aromatic heterocycles. The average Bonchev–Trinajstić information content (AvgIpc) is 3.71. The summed E-state index contributed by atoms with van der Waals surface area (Å²) >= 11 is 13.1. The van der Waals surface area contributed by atoms with Gasteiger partial charge >= 0.3 is 6.03 Å². The van der Waals surface area contributed by atoms with Gasteiger partial charge in [-0.3, -0.25) is 4.98 Å². The van der Waals surface area contributed by atoms with Crippen LogP contribution in [0.25, 0.3) is 22.4 Å². The Kier molecular flexibility index (Phi) is 7.42. The number of benzene rings is 2. The molecule has 7 rings (SSSR count). The monoisotopic (exact) mass is 602 g/mol. The lowest BCUT2D eigenvalue weighted by molar-refractivity contribution is -0.0181. The Hall–Kier alpha value is -3.39. The molecule has 216 valence electrons. The number of halogens is 2. The van der Waals surface area contributed by atoms with E-state index in [1.54, 1.807) is 6.20 Å². The molecule has 7 nitrogen and oxygen atoms in total. The van der Waals surface area contributed by atoms with Gasteiger partial charge in [0.25, 0.3) is 0 Å². The highest BCUT2D eigenvalue weighted by Crippen LogP contribution is 2.47. The standard InChI is InChI=1S/C33H32Cl2N4O3/c1-19-13-24-15-25(41-18-26-31(38-42-32(26)20-10-11-20)30-27(34)8-3-9-28(30)35)16-29(19)39(24)33(40)37-23-7-2-5-21(14-23)22-6-4-12-36-17-22/h2-9,12,14,17,19-20,24-25,29H,10-11,13,15-16,18H2,1H3,(H,37,40)/t19-,24?,25+,29?/m1/s1. The van der Waals surface area contributed by atoms with E-state index in [1.165, 1.54) is 0 Å². The number of urea groups is 1. The molecule has 1 N–H and O–H groups in total. The van der Waals surface area contributed by atoms with Crippen LogP contribution in [0.15, 0.2) is 71.5 Å². The Morgan fingerprint density at radius 2 is 1.83 bits per heavy atom. The molecule has 42 heavy (non-hydrogen) atoms. The van der Waals surface area contributed by atoms with E-state index in [0.717, 1.165) is 60.2 Å². The number of carbonyl (C=O) groups excluding carboxylic acids is 1. The van der Waals surface area contributed by atoms with Crippen molar-refractivity contribution in [3.8, 4) is 22.4 Å². The van der Waals surface area contributed by atoms with Gasteiger partial charge in [0, 0.05) is 52.8 Å². The quantitative estimate of drug-likeness (QED) is 0.229. The molecule has 4 aromatic rings. The number of amides is 2. The molecule has 0 spiro atoms. The van der Waals surface area contributed by atoms with Gasteiger partial charge in [-0.05, 0) is 73.9 Å². The summed E-state index contributed by atoms with van der Waals surface area (Å²) in [5.74, 6) is 1.64. The van der Waals surface area contributed by atoms with Gasteiger partial charge in [0.05, 0.1) is 22.8 Å². The number of carbonyl (C=O) groups is 1. The molecule has 9 heteroatoms. The first-order valence-electron chi connectivity index (χ1n) is 14.6. The second kappa shape index (κ2) is 11.4. The Morgan fingerprint density at radius 1 is 1.05 bits per heavy atom. The molecule has 0 radical (unpaired) electrons. The number of ether oxygens (including phenoxy) is 1. The zero-order valence-corrected chi connectivity index (χ0v) is 24.8. The number of pyridine rings is 1. The highest BCUT2D eigenvalue weighted by atomic mass is 35.5. The van der Waals surface area contributed by atoms with E-state index in [0.29, 0.717) is 39.7 Å². The Balaban J connectivity index is 1.05. The van der Waals surface area contributed by atoms with Crippen molar-refractivity contribution in [2.75, 3.05) is 5.32 Å². The van der Waals surface area contributed by atoms with E-state index in [2.05, 4.69) is 22.4 Å². The van der Waals surface area contributed by atoms with Gasteiger partial charge in [0.2, 0.25) is 0 Å². The molecule has 4 atom stereocenters. The fraction of sp³-hybridized carbons (Fsp3) is 0.364. The van der Waals surface area contributed by atoms with Crippen molar-refractivity contribution < 1.29 is 14.1 Å². The molecule has 3 aliphatic rings. The van der Waals surface area contributed by atoms with Crippen LogP contribution < -0.4 is 5.32 Å². The van der Waals surface area contributed by atoms with Crippen molar-refractivity contribution in [1.29, 1.82) is 0 Å². The molecular weight excluding hydrogens is 571 g/mol. The Bertz CT molecular complexity index is 1590. The van der Waals surface area contributed by atoms with Crippen molar-refractivity contribution >= 4 is 34.9 Å². The molecule has 1 aliphatic carbocycles. The van der Waals surface area contributed by atoms with E-state index >= 15 is 0 Å². The van der Waals surface area contributed by atoms with E-state index in [4.69, 9.17) is 32.5 Å². The Labute approximate surface area is 255 Å². The van der Waals surface area contributed by atoms with Gasteiger partial charge in [-0.15, -0.1) is 0 Å². The molecule has 2 aliphatic heterocycles. The van der Waals surface area contributed by atoms with Gasteiger partial charge in [-0.2, -0.15) is 0 Å². The number of nitrogens with zero attached hydrogens (tertiary/aromatic N) is 3. The smallest absolute Gasteiger partial charge is 0.322 e. The summed E-state index contributed by atoms with van der Waals surface area (Å²) in [7, 11) is 0. The topological polar surface area (TPSA) is 80.5 Å². The summed E-state index contributed by atoms with van der Waals surface area (Å²) in [6.07, 6.45) is 8.31. The van der Waals surface area contributed by atoms with Crippen LogP contribution in [0.2, 0.25) is 10.0 Å². The van der Waals surface area contributed by atoms with E-state index < -0.39 is 0 Å². The van der Waals surface area contributed by atoms with Crippen LogP contribution in [0.5, 0.6) is 0 Å². The van der Waals surface area contributed by atoms with Crippen molar-refractivity contribution in [1.82, 2.24) is 15.0 Å². The molecule has 2 bridgehead atoms. The lowest BCUT2D eigenvalue weighted by Gasteiger charge is -2.39. The van der Waals surface area contributed by atoms with E-state index in [9.17, 15) is 4.79 Å². The van der Waals surface area contributed by atoms with Crippen LogP contribution in [-0.2, 0) is 11.3 Å². The second-order valence-electron chi connectivity index (χ2n) is 11.7. The number of rotatable bonds is 7. The Morgan fingerprint density at radius 3 is 2.57 bits per heavy atom. The zero-order valence-electron chi connectivity index (χ0n) is 23.3. The minimum absolute atomic E-state index is 0.0272. The lowest BCUT2D eigenvalue weighted by atomic mass is 9.97. The summed E-state index contributed by atoms with van der Waals surface area (Å²) in [4.78, 5) is 19.8. The van der Waals surface area contributed by atoms with Gasteiger partial charge in [-0.25, -0.2) is 4.79 Å². The fourth-order valence-corrected chi connectivity index (χ4v) is 7.25. The summed E-state index contributed by atoms with van der Waals surface area (Å²) in [5.41, 5.74) is 5.08. The molecular formula is C33H32Cl2N4O3. The first kappa shape index (κ1) is 27.4. The second-order valence-corrected chi connectivity index (χ2v) is 12.6. The number of nitrogens with one attached hydrogen (secondary N) is 1. The fourth-order valence-electron chi connectivity index (χ4n) is 6.67. The molecule has 4 heterocycles. The third-order valence-corrected chi connectivity index (χ3v) is 9.49. The zero-order chi connectivity index (χ0) is 28.8. The maximum Gasteiger partial charge on any atom is 0.322 e. The lowest BCUT2D eigenvalue weighted by Crippen LogP contribution is -2.51. The van der Waals surface area contributed by atoms with Crippen molar-refractivity contribution in [2.24, 2.45) is 5.92 Å². The third kappa shape index (κ3) is 5.30.